The van der Waals surface area contributed by atoms with Gasteiger partial charge in [-0.15, -0.1) is 0 Å². The van der Waals surface area contributed by atoms with Gasteiger partial charge in [-0.25, -0.2) is 5.41 Å². The van der Waals surface area contributed by atoms with Crippen molar-refractivity contribution in [3.05, 3.63) is 71.9 Å². The van der Waals surface area contributed by atoms with E-state index in [1.165, 1.54) is 18.2 Å². The van der Waals surface area contributed by atoms with Crippen LogP contribution in [0.2, 0.25) is 0 Å². The first-order valence-electron chi connectivity index (χ1n) is 9.84. The number of alkyl halides is 3. The fourth-order valence-electron chi connectivity index (χ4n) is 3.86. The zero-order chi connectivity index (χ0) is 22.9. The van der Waals surface area contributed by atoms with Crippen molar-refractivity contribution < 1.29 is 22.5 Å². The quantitative estimate of drug-likeness (QED) is 0.523. The van der Waals surface area contributed by atoms with E-state index in [-0.39, 0.29) is 17.5 Å². The number of nitrogens with one attached hydrogen (secondary N) is 3. The number of hydrogen-bond acceptors (Lipinski definition) is 5. The van der Waals surface area contributed by atoms with Crippen LogP contribution in [-0.2, 0) is 17.4 Å². The lowest BCUT2D eigenvalue weighted by atomic mass is 9.88. The van der Waals surface area contributed by atoms with Crippen LogP contribution in [0.25, 0.3) is 11.4 Å². The van der Waals surface area contributed by atoms with E-state index in [4.69, 9.17) is 9.93 Å². The zero-order valence-corrected chi connectivity index (χ0v) is 16.9. The van der Waals surface area contributed by atoms with Gasteiger partial charge in [-0.1, -0.05) is 23.9 Å². The number of benzene rings is 2. The van der Waals surface area contributed by atoms with Crippen molar-refractivity contribution in [2.24, 2.45) is 5.92 Å². The minimum atomic E-state index is -4.42. The fourth-order valence-corrected chi connectivity index (χ4v) is 3.86. The third kappa shape index (κ3) is 4.29. The van der Waals surface area contributed by atoms with Gasteiger partial charge < -0.3 is 14.7 Å². The number of rotatable bonds is 5. The molecule has 1 aromatic heterocycles. The Bertz CT molecular complexity index is 1200. The van der Waals surface area contributed by atoms with Crippen LogP contribution < -0.4 is 15.9 Å². The van der Waals surface area contributed by atoms with Gasteiger partial charge in [0, 0.05) is 30.0 Å². The van der Waals surface area contributed by atoms with E-state index in [2.05, 4.69) is 22.0 Å². The van der Waals surface area contributed by atoms with Gasteiger partial charge in [-0.3, -0.25) is 9.78 Å². The maximum atomic E-state index is 13.0. The smallest absolute Gasteiger partial charge is 0.352 e. The molecule has 0 aliphatic carbocycles. The van der Waals surface area contributed by atoms with Crippen molar-refractivity contribution in [1.29, 1.82) is 5.41 Å². The van der Waals surface area contributed by atoms with E-state index in [1.807, 2.05) is 23.1 Å². The van der Waals surface area contributed by atoms with Crippen LogP contribution in [0.15, 0.2) is 59.6 Å². The van der Waals surface area contributed by atoms with E-state index in [9.17, 15) is 18.0 Å². The molecule has 166 valence electrons. The summed E-state index contributed by atoms with van der Waals surface area (Å²) in [5.41, 5.74) is 2.12. The Morgan fingerprint density at radius 3 is 2.69 bits per heavy atom. The van der Waals surface area contributed by atoms with Crippen LogP contribution in [0, 0.1) is 11.3 Å². The Kier molecular flexibility index (Phi) is 5.60. The number of halogens is 3. The van der Waals surface area contributed by atoms with E-state index >= 15 is 0 Å². The molecular formula is C22H20F3N5O2. The van der Waals surface area contributed by atoms with E-state index in [0.29, 0.717) is 31.0 Å². The van der Waals surface area contributed by atoms with Crippen LogP contribution in [0.4, 0.5) is 24.5 Å². The predicted octanol–water partition coefficient (Wildman–Crippen LogP) is 3.78. The molecule has 1 unspecified atom stereocenters. The molecule has 0 fully saturated rings. The number of aromatic nitrogens is 2. The largest absolute Gasteiger partial charge is 0.416 e. The molecule has 3 N–H and O–H groups in total. The molecule has 2 heterocycles. The molecule has 0 radical (unpaired) electrons. The molecule has 32 heavy (non-hydrogen) atoms. The fraction of sp³-hybridized carbons (Fsp3) is 0.227. The van der Waals surface area contributed by atoms with Crippen molar-refractivity contribution in [3.8, 4) is 11.4 Å². The number of fused-ring (bicyclic) bond motifs is 1. The van der Waals surface area contributed by atoms with E-state index in [0.717, 1.165) is 28.9 Å². The molecule has 1 amide bonds. The minimum Gasteiger partial charge on any atom is -0.352 e. The highest BCUT2D eigenvalue weighted by Gasteiger charge is 2.32. The van der Waals surface area contributed by atoms with E-state index < -0.39 is 11.7 Å². The van der Waals surface area contributed by atoms with Crippen molar-refractivity contribution in [2.75, 3.05) is 18.0 Å². The van der Waals surface area contributed by atoms with Gasteiger partial charge >= 0.3 is 11.9 Å². The average Bonchev–Trinajstić information content (AvgIpc) is 3.22. The van der Waals surface area contributed by atoms with Crippen molar-refractivity contribution in [2.45, 2.75) is 12.6 Å². The number of H-pyrrole nitrogens is 1. The van der Waals surface area contributed by atoms with Crippen molar-refractivity contribution in [1.82, 2.24) is 15.5 Å². The Balaban J connectivity index is 1.75. The highest BCUT2D eigenvalue weighted by molar-refractivity contribution is 5.86. The molecule has 1 aliphatic rings. The van der Waals surface area contributed by atoms with Crippen LogP contribution in [-0.4, -0.2) is 29.1 Å². The summed E-state index contributed by atoms with van der Waals surface area (Å²) >= 11 is 0. The van der Waals surface area contributed by atoms with Gasteiger partial charge in [0.15, 0.2) is 5.82 Å². The Morgan fingerprint density at radius 1 is 1.31 bits per heavy atom. The lowest BCUT2D eigenvalue weighted by Crippen LogP contribution is -2.39. The van der Waals surface area contributed by atoms with E-state index in [1.54, 1.807) is 0 Å². The second-order valence-electron chi connectivity index (χ2n) is 7.46. The third-order valence-electron chi connectivity index (χ3n) is 5.35. The molecule has 0 saturated carbocycles. The summed E-state index contributed by atoms with van der Waals surface area (Å²) in [7, 11) is 0. The lowest BCUT2D eigenvalue weighted by Gasteiger charge is -2.37. The summed E-state index contributed by atoms with van der Waals surface area (Å²) in [6, 6.07) is 10.5. The summed E-state index contributed by atoms with van der Waals surface area (Å²) in [4.78, 5) is 16.4. The van der Waals surface area contributed by atoms with Gasteiger partial charge in [0.25, 0.3) is 0 Å². The number of aromatic amines is 1. The second kappa shape index (κ2) is 8.37. The standard InChI is InChI=1S/C22H20F3N5O2/c1-2-19(31)27-11-13-10-17-16(20-28-21(26)32-29-20)4-3-5-18(17)30(12-13)15-8-6-14(7-9-15)22(23,24)25/h2-9,13H,1,10-12H2,(H,27,31)(H2,26,28,29). The summed E-state index contributed by atoms with van der Waals surface area (Å²) < 4.78 is 43.9. The number of carbonyl (C=O) groups excluding carboxylic acids is 1. The first kappa shape index (κ1) is 21.4. The number of carbonyl (C=O) groups is 1. The molecule has 1 atom stereocenters. The zero-order valence-electron chi connectivity index (χ0n) is 16.9. The Hall–Kier alpha value is -3.82. The summed E-state index contributed by atoms with van der Waals surface area (Å²) in [5, 5.41) is 14.3. The van der Waals surface area contributed by atoms with Gasteiger partial charge in [0.1, 0.15) is 0 Å². The highest BCUT2D eigenvalue weighted by Crippen LogP contribution is 2.40. The SMILES string of the molecule is C=CC(=O)NCC1Cc2c(-c3noc(=N)[nH]3)cccc2N(c2ccc(C(F)(F)F)cc2)C1. The number of amides is 1. The summed E-state index contributed by atoms with van der Waals surface area (Å²) in [6.07, 6.45) is -2.64. The molecule has 1 aliphatic heterocycles. The normalized spacial score (nSPS) is 15.8. The first-order valence-corrected chi connectivity index (χ1v) is 9.84. The monoisotopic (exact) mass is 443 g/mol. The Labute approximate surface area is 181 Å². The van der Waals surface area contributed by atoms with Crippen LogP contribution >= 0.6 is 0 Å². The molecule has 0 bridgehead atoms. The van der Waals surface area contributed by atoms with Crippen molar-refractivity contribution in [3.63, 3.8) is 0 Å². The molecule has 4 rings (SSSR count). The molecule has 10 heteroatoms. The maximum Gasteiger partial charge on any atom is 0.416 e. The molecule has 0 saturated heterocycles. The lowest BCUT2D eigenvalue weighted by molar-refractivity contribution is -0.137. The summed E-state index contributed by atoms with van der Waals surface area (Å²) in [6.45, 7) is 4.31. The van der Waals surface area contributed by atoms with Gasteiger partial charge in [-0.2, -0.15) is 13.2 Å². The molecule has 0 spiro atoms. The molecule has 3 aromatic rings. The molecule has 7 nitrogen and oxygen atoms in total. The highest BCUT2D eigenvalue weighted by atomic mass is 19.4. The van der Waals surface area contributed by atoms with Gasteiger partial charge in [0.2, 0.25) is 5.91 Å². The average molecular weight is 443 g/mol. The third-order valence-corrected chi connectivity index (χ3v) is 5.35. The number of anilines is 2. The number of hydrogen-bond donors (Lipinski definition) is 3. The maximum absolute atomic E-state index is 13.0. The topological polar surface area (TPSA) is 98.0 Å². The molecule has 2 aromatic carbocycles. The van der Waals surface area contributed by atoms with Crippen molar-refractivity contribution >= 4 is 17.3 Å². The van der Waals surface area contributed by atoms with Crippen LogP contribution in [0.5, 0.6) is 0 Å². The predicted molar refractivity (Wildman–Crippen MR) is 111 cm³/mol. The van der Waals surface area contributed by atoms with Crippen LogP contribution in [0.1, 0.15) is 11.1 Å². The minimum absolute atomic E-state index is 0.0304. The van der Waals surface area contributed by atoms with Crippen LogP contribution in [0.3, 0.4) is 0 Å². The van der Waals surface area contributed by atoms with Gasteiger partial charge in [-0.05, 0) is 54.3 Å². The second-order valence-corrected chi connectivity index (χ2v) is 7.46. The summed E-state index contributed by atoms with van der Waals surface area (Å²) in [5.74, 6) is 0.0565. The Morgan fingerprint density at radius 2 is 2.06 bits per heavy atom. The molecular weight excluding hydrogens is 423 g/mol. The number of nitrogens with zero attached hydrogens (tertiary/aromatic N) is 2. The first-order chi connectivity index (χ1) is 15.3. The van der Waals surface area contributed by atoms with Gasteiger partial charge in [0.05, 0.1) is 5.56 Å².